The molecule has 0 saturated heterocycles. The maximum atomic E-state index is 5.03. The molecule has 2 rings (SSSR count). The second-order valence-corrected chi connectivity index (χ2v) is 4.41. The van der Waals surface area contributed by atoms with E-state index in [1.165, 1.54) is 6.42 Å². The molecule has 0 atom stereocenters. The van der Waals surface area contributed by atoms with E-state index in [4.69, 9.17) is 4.74 Å². The Morgan fingerprint density at radius 2 is 2.26 bits per heavy atom. The molecule has 0 aliphatic heterocycles. The highest BCUT2D eigenvalue weighted by molar-refractivity contribution is 5.50. The van der Waals surface area contributed by atoms with Crippen molar-refractivity contribution in [1.82, 2.24) is 19.3 Å². The van der Waals surface area contributed by atoms with E-state index in [1.807, 2.05) is 23.3 Å². The third-order valence-electron chi connectivity index (χ3n) is 2.88. The number of hydrogen-bond acceptors (Lipinski definition) is 4. The Morgan fingerprint density at radius 1 is 1.37 bits per heavy atom. The lowest BCUT2D eigenvalue weighted by Gasteiger charge is -2.07. The van der Waals surface area contributed by atoms with Gasteiger partial charge in [0.25, 0.3) is 0 Å². The molecule has 104 valence electrons. The van der Waals surface area contributed by atoms with Gasteiger partial charge in [-0.15, -0.1) is 0 Å². The molecule has 0 unspecified atom stereocenters. The fourth-order valence-corrected chi connectivity index (χ4v) is 1.81. The molecule has 0 amide bonds. The second kappa shape index (κ2) is 6.94. The van der Waals surface area contributed by atoms with Crippen molar-refractivity contribution in [3.05, 3.63) is 24.8 Å². The Morgan fingerprint density at radius 3 is 3.05 bits per heavy atom. The number of nitrogens with zero attached hydrogens (tertiary/aromatic N) is 4. The van der Waals surface area contributed by atoms with Gasteiger partial charge in [0, 0.05) is 32.2 Å². The average molecular weight is 263 g/mol. The molecule has 1 N–H and O–H groups in total. The van der Waals surface area contributed by atoms with Gasteiger partial charge in [-0.3, -0.25) is 4.68 Å². The highest BCUT2D eigenvalue weighted by Crippen LogP contribution is 2.14. The van der Waals surface area contributed by atoms with Crippen LogP contribution in [0.2, 0.25) is 0 Å². The molecular formula is C13H21N5O. The van der Waals surface area contributed by atoms with E-state index in [0.717, 1.165) is 31.1 Å². The normalized spacial score (nSPS) is 10.8. The first-order valence-corrected chi connectivity index (χ1v) is 6.63. The Labute approximate surface area is 113 Å². The van der Waals surface area contributed by atoms with Crippen LogP contribution in [0, 0.1) is 0 Å². The lowest BCUT2D eigenvalue weighted by atomic mass is 10.3. The molecule has 6 nitrogen and oxygen atoms in total. The summed E-state index contributed by atoms with van der Waals surface area (Å²) in [5.41, 5.74) is 0.944. The van der Waals surface area contributed by atoms with E-state index in [9.17, 15) is 0 Å². The van der Waals surface area contributed by atoms with Gasteiger partial charge in [0.05, 0.1) is 25.0 Å². The van der Waals surface area contributed by atoms with Gasteiger partial charge in [-0.25, -0.2) is 4.98 Å². The molecular weight excluding hydrogens is 242 g/mol. The van der Waals surface area contributed by atoms with E-state index in [-0.39, 0.29) is 0 Å². The highest BCUT2D eigenvalue weighted by Gasteiger charge is 2.04. The summed E-state index contributed by atoms with van der Waals surface area (Å²) in [6.45, 7) is 4.58. The Balaban J connectivity index is 1.96. The van der Waals surface area contributed by atoms with Gasteiger partial charge < -0.3 is 14.6 Å². The van der Waals surface area contributed by atoms with Gasteiger partial charge in [-0.2, -0.15) is 5.10 Å². The molecule has 6 heteroatoms. The molecule has 2 aromatic rings. The van der Waals surface area contributed by atoms with Crippen LogP contribution in [0.3, 0.4) is 0 Å². The first-order chi connectivity index (χ1) is 9.33. The zero-order valence-electron chi connectivity index (χ0n) is 11.5. The van der Waals surface area contributed by atoms with Crippen LogP contribution in [0.4, 0.5) is 11.6 Å². The van der Waals surface area contributed by atoms with E-state index in [0.29, 0.717) is 6.61 Å². The number of anilines is 2. The third kappa shape index (κ3) is 3.82. The predicted octanol–water partition coefficient (Wildman–Crippen LogP) is 2.27. The smallest absolute Gasteiger partial charge is 0.207 e. The Hall–Kier alpha value is -1.82. The summed E-state index contributed by atoms with van der Waals surface area (Å²) in [7, 11) is 1.69. The van der Waals surface area contributed by atoms with Crippen molar-refractivity contribution in [3.63, 3.8) is 0 Å². The van der Waals surface area contributed by atoms with E-state index < -0.39 is 0 Å². The molecule has 0 bridgehead atoms. The van der Waals surface area contributed by atoms with Gasteiger partial charge in [-0.05, 0) is 6.42 Å². The lowest BCUT2D eigenvalue weighted by molar-refractivity contribution is 0.183. The molecule has 0 aliphatic carbocycles. The van der Waals surface area contributed by atoms with Crippen LogP contribution in [-0.2, 0) is 17.8 Å². The van der Waals surface area contributed by atoms with E-state index in [2.05, 4.69) is 26.9 Å². The number of aryl methyl sites for hydroxylation is 1. The van der Waals surface area contributed by atoms with Crippen LogP contribution in [0.1, 0.15) is 19.8 Å². The highest BCUT2D eigenvalue weighted by atomic mass is 16.5. The second-order valence-electron chi connectivity index (χ2n) is 4.41. The molecule has 0 aliphatic rings. The summed E-state index contributed by atoms with van der Waals surface area (Å²) < 4.78 is 9.00. The topological polar surface area (TPSA) is 56.9 Å². The standard InChI is InChI=1S/C13H21N5O/c1-3-4-6-17-7-5-14-13(17)16-12-10-15-18(11-12)8-9-19-2/h5,7,10-11H,3-4,6,8-9H2,1-2H3,(H,14,16). The van der Waals surface area contributed by atoms with Gasteiger partial charge in [-0.1, -0.05) is 13.3 Å². The lowest BCUT2D eigenvalue weighted by Crippen LogP contribution is -2.04. The number of ether oxygens (including phenoxy) is 1. The first-order valence-electron chi connectivity index (χ1n) is 6.63. The summed E-state index contributed by atoms with van der Waals surface area (Å²) in [5.74, 6) is 0.861. The zero-order valence-corrected chi connectivity index (χ0v) is 11.5. The first kappa shape index (κ1) is 13.6. The van der Waals surface area contributed by atoms with Gasteiger partial charge >= 0.3 is 0 Å². The summed E-state index contributed by atoms with van der Waals surface area (Å²) in [4.78, 5) is 4.33. The zero-order chi connectivity index (χ0) is 13.5. The van der Waals surface area contributed by atoms with Crippen LogP contribution in [-0.4, -0.2) is 33.0 Å². The maximum absolute atomic E-state index is 5.03. The van der Waals surface area contributed by atoms with Crippen LogP contribution in [0.5, 0.6) is 0 Å². The summed E-state index contributed by atoms with van der Waals surface area (Å²) in [5, 5.41) is 7.55. The largest absolute Gasteiger partial charge is 0.383 e. The molecule has 19 heavy (non-hydrogen) atoms. The molecule has 0 fully saturated rings. The predicted molar refractivity (Wildman–Crippen MR) is 74.5 cm³/mol. The van der Waals surface area contributed by atoms with Crippen LogP contribution < -0.4 is 5.32 Å². The van der Waals surface area contributed by atoms with Crippen molar-refractivity contribution in [2.24, 2.45) is 0 Å². The average Bonchev–Trinajstić information content (AvgIpc) is 3.04. The maximum Gasteiger partial charge on any atom is 0.207 e. The van der Waals surface area contributed by atoms with Crippen LogP contribution in [0.25, 0.3) is 0 Å². The third-order valence-corrected chi connectivity index (χ3v) is 2.88. The Kier molecular flexibility index (Phi) is 4.97. The van der Waals surface area contributed by atoms with Crippen molar-refractivity contribution in [2.45, 2.75) is 32.9 Å². The van der Waals surface area contributed by atoms with Crippen LogP contribution in [0.15, 0.2) is 24.8 Å². The van der Waals surface area contributed by atoms with Crippen LogP contribution >= 0.6 is 0 Å². The van der Waals surface area contributed by atoms with Crippen molar-refractivity contribution < 1.29 is 4.74 Å². The van der Waals surface area contributed by atoms with Crippen molar-refractivity contribution in [3.8, 4) is 0 Å². The number of imidazole rings is 1. The molecule has 0 spiro atoms. The van der Waals surface area contributed by atoms with E-state index in [1.54, 1.807) is 13.3 Å². The van der Waals surface area contributed by atoms with Gasteiger partial charge in [0.2, 0.25) is 5.95 Å². The molecule has 0 radical (unpaired) electrons. The number of methoxy groups -OCH3 is 1. The summed E-state index contributed by atoms with van der Waals surface area (Å²) in [6, 6.07) is 0. The fraction of sp³-hybridized carbons (Fsp3) is 0.538. The fourth-order valence-electron chi connectivity index (χ4n) is 1.81. The molecule has 0 aromatic carbocycles. The van der Waals surface area contributed by atoms with Crippen molar-refractivity contribution in [1.29, 1.82) is 0 Å². The minimum absolute atomic E-state index is 0.659. The number of hydrogen-bond donors (Lipinski definition) is 1. The van der Waals surface area contributed by atoms with Gasteiger partial charge in [0.1, 0.15) is 0 Å². The van der Waals surface area contributed by atoms with Crippen molar-refractivity contribution >= 4 is 11.6 Å². The Bertz CT molecular complexity index is 491. The number of nitrogens with one attached hydrogen (secondary N) is 1. The molecule has 2 aromatic heterocycles. The SMILES string of the molecule is CCCCn1ccnc1Nc1cnn(CCOC)c1. The number of unbranched alkanes of at least 4 members (excludes halogenated alkanes) is 1. The number of rotatable bonds is 8. The monoisotopic (exact) mass is 263 g/mol. The van der Waals surface area contributed by atoms with Crippen molar-refractivity contribution in [2.75, 3.05) is 19.0 Å². The van der Waals surface area contributed by atoms with E-state index >= 15 is 0 Å². The summed E-state index contributed by atoms with van der Waals surface area (Å²) >= 11 is 0. The quantitative estimate of drug-likeness (QED) is 0.793. The molecule has 2 heterocycles. The summed E-state index contributed by atoms with van der Waals surface area (Å²) in [6.07, 6.45) is 9.89. The minimum atomic E-state index is 0.659. The number of aromatic nitrogens is 4. The van der Waals surface area contributed by atoms with Gasteiger partial charge in [0.15, 0.2) is 0 Å². The molecule has 0 saturated carbocycles. The minimum Gasteiger partial charge on any atom is -0.383 e.